The van der Waals surface area contributed by atoms with Crippen molar-refractivity contribution in [2.24, 2.45) is 0 Å². The quantitative estimate of drug-likeness (QED) is 0.467. The summed E-state index contributed by atoms with van der Waals surface area (Å²) < 4.78 is 28.3. The number of fused-ring (bicyclic) bond motifs is 1. The van der Waals surface area contributed by atoms with Crippen LogP contribution < -0.4 is 19.6 Å². The molecule has 32 heavy (non-hydrogen) atoms. The van der Waals surface area contributed by atoms with Crippen LogP contribution in [-0.2, 0) is 4.74 Å². The predicted octanol–water partition coefficient (Wildman–Crippen LogP) is 3.97. The van der Waals surface area contributed by atoms with Crippen molar-refractivity contribution in [3.05, 3.63) is 52.7 Å². The summed E-state index contributed by atoms with van der Waals surface area (Å²) in [4.78, 5) is 15.6. The van der Waals surface area contributed by atoms with Crippen LogP contribution in [-0.4, -0.2) is 58.6 Å². The lowest BCUT2D eigenvalue weighted by Crippen LogP contribution is -2.36. The Morgan fingerprint density at radius 3 is 2.53 bits per heavy atom. The molecule has 2 heterocycles. The van der Waals surface area contributed by atoms with Gasteiger partial charge >= 0.3 is 0 Å². The Bertz CT molecular complexity index is 1100. The monoisotopic (exact) mass is 439 g/mol. The summed E-state index contributed by atoms with van der Waals surface area (Å²) >= 11 is 0. The smallest absolute Gasteiger partial charge is 0.235 e. The van der Waals surface area contributed by atoms with Gasteiger partial charge in [0, 0.05) is 18.7 Å². The fourth-order valence-electron chi connectivity index (χ4n) is 3.86. The third-order valence-corrected chi connectivity index (χ3v) is 5.62. The largest absolute Gasteiger partial charge is 0.493 e. The highest BCUT2D eigenvalue weighted by molar-refractivity contribution is 5.82. The Hall–Kier alpha value is -3.03. The van der Waals surface area contributed by atoms with Gasteiger partial charge in [-0.3, -0.25) is 9.69 Å². The van der Waals surface area contributed by atoms with Gasteiger partial charge in [0.15, 0.2) is 17.3 Å². The first-order valence-corrected chi connectivity index (χ1v) is 10.9. The van der Waals surface area contributed by atoms with Crippen molar-refractivity contribution in [1.82, 2.24) is 4.90 Å². The molecule has 1 aliphatic rings. The second-order valence-electron chi connectivity index (χ2n) is 7.66. The van der Waals surface area contributed by atoms with E-state index in [2.05, 4.69) is 4.90 Å². The topological polar surface area (TPSA) is 70.4 Å². The molecule has 0 aliphatic carbocycles. The number of hydrogen-bond acceptors (Lipinski definition) is 7. The van der Waals surface area contributed by atoms with Crippen molar-refractivity contribution in [1.29, 1.82) is 0 Å². The standard InChI is InChI=1S/C25H29NO6/c1-28-21-10-9-18(17-22(21)29-2)24-25(23(27)19-7-3-4-8-20(19)32-24)31-14-6-5-11-26-12-15-30-16-13-26/h3-4,7-10,17H,5-6,11-16H2,1-2H3. The number of para-hydroxylation sites is 1. The molecule has 0 amide bonds. The number of nitrogens with zero attached hydrogens (tertiary/aromatic N) is 1. The maximum atomic E-state index is 13.2. The Balaban J connectivity index is 1.57. The third kappa shape index (κ3) is 4.89. The van der Waals surface area contributed by atoms with Crippen LogP contribution >= 0.6 is 0 Å². The average molecular weight is 440 g/mol. The van der Waals surface area contributed by atoms with E-state index in [4.69, 9.17) is 23.4 Å². The number of rotatable bonds is 9. The zero-order valence-electron chi connectivity index (χ0n) is 18.6. The van der Waals surface area contributed by atoms with Gasteiger partial charge in [-0.2, -0.15) is 0 Å². The predicted molar refractivity (Wildman–Crippen MR) is 123 cm³/mol. The summed E-state index contributed by atoms with van der Waals surface area (Å²) in [6, 6.07) is 12.6. The summed E-state index contributed by atoms with van der Waals surface area (Å²) in [5.41, 5.74) is 1.03. The number of methoxy groups -OCH3 is 2. The number of ether oxygens (including phenoxy) is 4. The zero-order chi connectivity index (χ0) is 22.3. The number of morpholine rings is 1. The molecule has 1 saturated heterocycles. The molecule has 170 valence electrons. The highest BCUT2D eigenvalue weighted by Crippen LogP contribution is 2.36. The van der Waals surface area contributed by atoms with Gasteiger partial charge in [0.05, 0.1) is 39.4 Å². The van der Waals surface area contributed by atoms with E-state index in [1.165, 1.54) is 0 Å². The van der Waals surface area contributed by atoms with Gasteiger partial charge in [-0.1, -0.05) is 12.1 Å². The normalized spacial score (nSPS) is 14.4. The molecule has 2 aromatic carbocycles. The molecule has 1 fully saturated rings. The molecule has 0 saturated carbocycles. The molecule has 3 aromatic rings. The minimum atomic E-state index is -0.176. The molecule has 0 unspecified atom stereocenters. The number of unbranched alkanes of at least 4 members (excludes halogenated alkanes) is 1. The lowest BCUT2D eigenvalue weighted by molar-refractivity contribution is 0.0368. The fourth-order valence-corrected chi connectivity index (χ4v) is 3.86. The van der Waals surface area contributed by atoms with E-state index in [1.54, 1.807) is 38.5 Å². The minimum Gasteiger partial charge on any atom is -0.493 e. The average Bonchev–Trinajstić information content (AvgIpc) is 2.85. The minimum absolute atomic E-state index is 0.176. The van der Waals surface area contributed by atoms with Gasteiger partial charge in [-0.15, -0.1) is 0 Å². The van der Waals surface area contributed by atoms with E-state index in [0.717, 1.165) is 45.7 Å². The Kier molecular flexibility index (Phi) is 7.29. The third-order valence-electron chi connectivity index (χ3n) is 5.62. The molecule has 0 bridgehead atoms. The van der Waals surface area contributed by atoms with Gasteiger partial charge in [0.2, 0.25) is 11.2 Å². The molecule has 0 atom stereocenters. The van der Waals surface area contributed by atoms with Crippen LogP contribution in [0.5, 0.6) is 17.2 Å². The number of benzene rings is 2. The van der Waals surface area contributed by atoms with Crippen LogP contribution in [0.15, 0.2) is 51.7 Å². The first-order chi connectivity index (χ1) is 15.7. The van der Waals surface area contributed by atoms with Crippen LogP contribution in [0.3, 0.4) is 0 Å². The second-order valence-corrected chi connectivity index (χ2v) is 7.66. The summed E-state index contributed by atoms with van der Waals surface area (Å²) in [5, 5.41) is 0.500. The Morgan fingerprint density at radius 1 is 0.969 bits per heavy atom. The highest BCUT2D eigenvalue weighted by atomic mass is 16.5. The van der Waals surface area contributed by atoms with Crippen molar-refractivity contribution >= 4 is 11.0 Å². The van der Waals surface area contributed by atoms with E-state index < -0.39 is 0 Å². The first kappa shape index (κ1) is 22.2. The summed E-state index contributed by atoms with van der Waals surface area (Å²) in [5.74, 6) is 1.77. The highest BCUT2D eigenvalue weighted by Gasteiger charge is 2.19. The van der Waals surface area contributed by atoms with Crippen LogP contribution in [0, 0.1) is 0 Å². The van der Waals surface area contributed by atoms with Crippen LogP contribution in [0.4, 0.5) is 0 Å². The van der Waals surface area contributed by atoms with Crippen LogP contribution in [0.1, 0.15) is 12.8 Å². The van der Waals surface area contributed by atoms with Gasteiger partial charge in [0.1, 0.15) is 5.58 Å². The van der Waals surface area contributed by atoms with E-state index in [9.17, 15) is 4.79 Å². The molecule has 4 rings (SSSR count). The van der Waals surface area contributed by atoms with E-state index in [-0.39, 0.29) is 11.2 Å². The lowest BCUT2D eigenvalue weighted by Gasteiger charge is -2.26. The summed E-state index contributed by atoms with van der Waals surface area (Å²) in [7, 11) is 3.16. The zero-order valence-corrected chi connectivity index (χ0v) is 18.6. The van der Waals surface area contributed by atoms with E-state index in [1.807, 2.05) is 18.2 Å². The van der Waals surface area contributed by atoms with Gasteiger partial charge in [-0.05, 0) is 49.7 Å². The molecular weight excluding hydrogens is 410 g/mol. The molecular formula is C25H29NO6. The first-order valence-electron chi connectivity index (χ1n) is 10.9. The van der Waals surface area contributed by atoms with E-state index in [0.29, 0.717) is 40.4 Å². The molecule has 1 aromatic heterocycles. The molecule has 1 aliphatic heterocycles. The van der Waals surface area contributed by atoms with Crippen molar-refractivity contribution in [3.8, 4) is 28.6 Å². The van der Waals surface area contributed by atoms with Gasteiger partial charge in [-0.25, -0.2) is 0 Å². The van der Waals surface area contributed by atoms with Crippen molar-refractivity contribution in [2.45, 2.75) is 12.8 Å². The van der Waals surface area contributed by atoms with Crippen molar-refractivity contribution < 1.29 is 23.4 Å². The van der Waals surface area contributed by atoms with Gasteiger partial charge < -0.3 is 23.4 Å². The van der Waals surface area contributed by atoms with Crippen LogP contribution in [0.2, 0.25) is 0 Å². The second kappa shape index (κ2) is 10.5. The van der Waals surface area contributed by atoms with E-state index >= 15 is 0 Å². The number of hydrogen-bond donors (Lipinski definition) is 0. The summed E-state index contributed by atoms with van der Waals surface area (Å²) in [6.45, 7) is 4.97. The molecule has 0 N–H and O–H groups in total. The Morgan fingerprint density at radius 2 is 1.75 bits per heavy atom. The molecule has 0 spiro atoms. The maximum absolute atomic E-state index is 13.2. The van der Waals surface area contributed by atoms with Crippen molar-refractivity contribution in [2.75, 3.05) is 53.7 Å². The molecule has 7 heteroatoms. The Labute approximate surface area is 187 Å². The molecule has 0 radical (unpaired) electrons. The fraction of sp³-hybridized carbons (Fsp3) is 0.400. The maximum Gasteiger partial charge on any atom is 0.235 e. The summed E-state index contributed by atoms with van der Waals surface area (Å²) in [6.07, 6.45) is 1.83. The van der Waals surface area contributed by atoms with Gasteiger partial charge in [0.25, 0.3) is 0 Å². The van der Waals surface area contributed by atoms with Crippen molar-refractivity contribution in [3.63, 3.8) is 0 Å². The van der Waals surface area contributed by atoms with Crippen LogP contribution in [0.25, 0.3) is 22.3 Å². The lowest BCUT2D eigenvalue weighted by atomic mass is 10.1. The SMILES string of the molecule is COc1ccc(-c2oc3ccccc3c(=O)c2OCCCCN2CCOCC2)cc1OC. The molecule has 7 nitrogen and oxygen atoms in total.